The predicted octanol–water partition coefficient (Wildman–Crippen LogP) is -0.691. The normalized spacial score (nSPS) is 12.3. The van der Waals surface area contributed by atoms with Crippen molar-refractivity contribution < 1.29 is 28.7 Å². The minimum Gasteiger partial charge on any atom is -0.453 e. The van der Waals surface area contributed by atoms with Crippen molar-refractivity contribution in [2.75, 3.05) is 39.8 Å². The quantitative estimate of drug-likeness (QED) is 0.304. The summed E-state index contributed by atoms with van der Waals surface area (Å²) in [5.41, 5.74) is 0. The summed E-state index contributed by atoms with van der Waals surface area (Å²) in [5.74, 6) is -0.246. The maximum absolute atomic E-state index is 11.7. The van der Waals surface area contributed by atoms with E-state index in [-0.39, 0.29) is 23.3 Å². The molecule has 0 aromatic rings. The second-order valence-electron chi connectivity index (χ2n) is 4.17. The van der Waals surface area contributed by atoms with Crippen LogP contribution in [0.3, 0.4) is 0 Å². The van der Waals surface area contributed by atoms with E-state index in [9.17, 15) is 19.2 Å². The molecule has 0 radical (unpaired) electrons. The van der Waals surface area contributed by atoms with Gasteiger partial charge < -0.3 is 30.7 Å². The molecule has 0 aromatic heterocycles. The monoisotopic (exact) mass is 382 g/mol. The maximum atomic E-state index is 11.7. The number of ether oxygens (including phenoxy) is 2. The standard InChI is InChI=1S/C12H22N4O6S2/c1-13-9(17)7(15-11(19)21-3)5-23-24-6-8(10(18)14-2)16-12(20)22-4/h7-8H,5-6H2,1-4H3,(H,13,17)(H,14,18)(H,15,19)(H,16,20). The van der Waals surface area contributed by atoms with Gasteiger partial charge in [0.25, 0.3) is 0 Å². The third-order valence-electron chi connectivity index (χ3n) is 2.63. The van der Waals surface area contributed by atoms with Crippen molar-refractivity contribution in [2.45, 2.75) is 12.1 Å². The van der Waals surface area contributed by atoms with Crippen LogP contribution in [0.1, 0.15) is 0 Å². The van der Waals surface area contributed by atoms with Crippen molar-refractivity contribution in [3.8, 4) is 0 Å². The molecule has 10 nitrogen and oxygen atoms in total. The van der Waals surface area contributed by atoms with Crippen LogP contribution in [0.15, 0.2) is 0 Å². The van der Waals surface area contributed by atoms with Crippen LogP contribution in [-0.4, -0.2) is 75.9 Å². The molecular weight excluding hydrogens is 360 g/mol. The number of alkyl carbamates (subject to hydrolysis) is 2. The average molecular weight is 382 g/mol. The fourth-order valence-corrected chi connectivity index (χ4v) is 3.68. The number of carbonyl (C=O) groups is 4. The van der Waals surface area contributed by atoms with Crippen molar-refractivity contribution >= 4 is 45.6 Å². The van der Waals surface area contributed by atoms with Gasteiger partial charge in [-0.15, -0.1) is 0 Å². The van der Waals surface area contributed by atoms with Crippen molar-refractivity contribution in [1.82, 2.24) is 21.3 Å². The third kappa shape index (κ3) is 8.72. The zero-order valence-electron chi connectivity index (χ0n) is 13.8. The van der Waals surface area contributed by atoms with Gasteiger partial charge in [0.2, 0.25) is 11.8 Å². The first kappa shape index (κ1) is 22.2. The molecule has 0 aromatic carbocycles. The molecule has 138 valence electrons. The molecule has 2 atom stereocenters. The number of nitrogens with one attached hydrogen (secondary N) is 4. The van der Waals surface area contributed by atoms with E-state index in [0.717, 1.165) is 0 Å². The van der Waals surface area contributed by atoms with Gasteiger partial charge in [-0.2, -0.15) is 0 Å². The largest absolute Gasteiger partial charge is 0.453 e. The summed E-state index contributed by atoms with van der Waals surface area (Å²) in [6.07, 6.45) is -1.44. The minimum atomic E-state index is -0.785. The van der Waals surface area contributed by atoms with Crippen LogP contribution in [0.5, 0.6) is 0 Å². The molecule has 2 unspecified atom stereocenters. The first-order valence-corrected chi connectivity index (χ1v) is 9.24. The van der Waals surface area contributed by atoms with Crippen LogP contribution < -0.4 is 21.3 Å². The number of likely N-dealkylation sites (N-methyl/N-ethyl adjacent to an activating group) is 2. The van der Waals surface area contributed by atoms with Crippen molar-refractivity contribution in [2.24, 2.45) is 0 Å². The van der Waals surface area contributed by atoms with Crippen LogP contribution in [0.4, 0.5) is 9.59 Å². The molecule has 0 aliphatic heterocycles. The molecule has 12 heteroatoms. The van der Waals surface area contributed by atoms with Gasteiger partial charge in [0, 0.05) is 25.6 Å². The molecule has 0 aliphatic rings. The number of hydrogen-bond acceptors (Lipinski definition) is 8. The van der Waals surface area contributed by atoms with Crippen molar-refractivity contribution in [3.05, 3.63) is 0 Å². The number of amides is 4. The molecule has 0 bridgehead atoms. The van der Waals surface area contributed by atoms with Gasteiger partial charge >= 0.3 is 12.2 Å². The molecule has 0 fully saturated rings. The van der Waals surface area contributed by atoms with E-state index in [1.54, 1.807) is 0 Å². The molecule has 0 heterocycles. The Hall–Kier alpha value is -1.82. The fraction of sp³-hybridized carbons (Fsp3) is 0.667. The lowest BCUT2D eigenvalue weighted by molar-refractivity contribution is -0.122. The lowest BCUT2D eigenvalue weighted by atomic mass is 10.3. The molecule has 0 saturated carbocycles. The van der Waals surface area contributed by atoms with E-state index >= 15 is 0 Å². The summed E-state index contributed by atoms with van der Waals surface area (Å²) >= 11 is 0. The van der Waals surface area contributed by atoms with Gasteiger partial charge in [0.15, 0.2) is 0 Å². The second kappa shape index (κ2) is 12.6. The van der Waals surface area contributed by atoms with E-state index in [4.69, 9.17) is 0 Å². The summed E-state index contributed by atoms with van der Waals surface area (Å²) in [5, 5.41) is 9.68. The first-order valence-electron chi connectivity index (χ1n) is 6.76. The highest BCUT2D eigenvalue weighted by atomic mass is 33.1. The van der Waals surface area contributed by atoms with Crippen molar-refractivity contribution in [3.63, 3.8) is 0 Å². The second-order valence-corrected chi connectivity index (χ2v) is 6.73. The smallest absolute Gasteiger partial charge is 0.407 e. The number of methoxy groups -OCH3 is 2. The SMILES string of the molecule is CNC(=O)C(CSSCC(NC(=O)OC)C(=O)NC)NC(=O)OC. The lowest BCUT2D eigenvalue weighted by Crippen LogP contribution is -2.47. The Labute approximate surface area is 147 Å². The Balaban J connectivity index is 4.45. The van der Waals surface area contributed by atoms with Crippen LogP contribution in [-0.2, 0) is 19.1 Å². The number of carbonyl (C=O) groups excluding carboxylic acids is 4. The highest BCUT2D eigenvalue weighted by Crippen LogP contribution is 2.23. The summed E-state index contributed by atoms with van der Waals surface area (Å²) in [7, 11) is 7.83. The highest BCUT2D eigenvalue weighted by Gasteiger charge is 2.23. The summed E-state index contributed by atoms with van der Waals surface area (Å²) in [4.78, 5) is 45.8. The van der Waals surface area contributed by atoms with E-state index in [1.807, 2.05) is 0 Å². The van der Waals surface area contributed by atoms with Gasteiger partial charge in [0.1, 0.15) is 12.1 Å². The lowest BCUT2D eigenvalue weighted by Gasteiger charge is -2.18. The van der Waals surface area contributed by atoms with Gasteiger partial charge in [0.05, 0.1) is 14.2 Å². The molecule has 0 aliphatic carbocycles. The molecule has 0 saturated heterocycles. The zero-order chi connectivity index (χ0) is 18.5. The third-order valence-corrected chi connectivity index (χ3v) is 5.06. The molecule has 0 rings (SSSR count). The Kier molecular flexibility index (Phi) is 11.6. The molecule has 4 N–H and O–H groups in total. The zero-order valence-corrected chi connectivity index (χ0v) is 15.5. The topological polar surface area (TPSA) is 135 Å². The van der Waals surface area contributed by atoms with E-state index < -0.39 is 24.3 Å². The van der Waals surface area contributed by atoms with Crippen molar-refractivity contribution in [1.29, 1.82) is 0 Å². The van der Waals surface area contributed by atoms with Crippen LogP contribution >= 0.6 is 21.6 Å². The maximum Gasteiger partial charge on any atom is 0.407 e. The summed E-state index contributed by atoms with van der Waals surface area (Å²) < 4.78 is 8.92. The highest BCUT2D eigenvalue weighted by molar-refractivity contribution is 8.76. The Morgan fingerprint density at radius 3 is 1.38 bits per heavy atom. The van der Waals surface area contributed by atoms with Crippen LogP contribution in [0.2, 0.25) is 0 Å². The van der Waals surface area contributed by atoms with E-state index in [1.165, 1.54) is 49.9 Å². The molecule has 4 amide bonds. The van der Waals surface area contributed by atoms with Crippen LogP contribution in [0, 0.1) is 0 Å². The fourth-order valence-electron chi connectivity index (χ4n) is 1.35. The van der Waals surface area contributed by atoms with Gasteiger partial charge in [-0.25, -0.2) is 9.59 Å². The molecule has 24 heavy (non-hydrogen) atoms. The Bertz CT molecular complexity index is 411. The number of hydrogen-bond donors (Lipinski definition) is 4. The van der Waals surface area contributed by atoms with Gasteiger partial charge in [-0.1, -0.05) is 21.6 Å². The minimum absolute atomic E-state index is 0.248. The Morgan fingerprint density at radius 1 is 0.792 bits per heavy atom. The van der Waals surface area contributed by atoms with Gasteiger partial charge in [-0.05, 0) is 0 Å². The van der Waals surface area contributed by atoms with E-state index in [2.05, 4.69) is 30.7 Å². The van der Waals surface area contributed by atoms with Crippen LogP contribution in [0.25, 0.3) is 0 Å². The molecule has 0 spiro atoms. The average Bonchev–Trinajstić information content (AvgIpc) is 2.60. The van der Waals surface area contributed by atoms with E-state index in [0.29, 0.717) is 0 Å². The predicted molar refractivity (Wildman–Crippen MR) is 91.7 cm³/mol. The Morgan fingerprint density at radius 2 is 1.12 bits per heavy atom. The van der Waals surface area contributed by atoms with Gasteiger partial charge in [-0.3, -0.25) is 9.59 Å². The summed E-state index contributed by atoms with van der Waals surface area (Å²) in [6.45, 7) is 0. The summed E-state index contributed by atoms with van der Waals surface area (Å²) in [6, 6.07) is -1.57. The molecular formula is C12H22N4O6S2. The first-order chi connectivity index (χ1) is 11.4. The number of rotatable bonds is 9.